The van der Waals surface area contributed by atoms with Gasteiger partial charge in [0.1, 0.15) is 5.92 Å². The highest BCUT2D eigenvalue weighted by atomic mass is 32.2. The average Bonchev–Trinajstić information content (AvgIpc) is 2.53. The van der Waals surface area contributed by atoms with E-state index >= 15 is 0 Å². The van der Waals surface area contributed by atoms with Gasteiger partial charge in [0, 0.05) is 11.4 Å². The molecular formula is C17H19N3O4S. The third-order valence-electron chi connectivity index (χ3n) is 3.01. The Morgan fingerprint density at radius 2 is 2.08 bits per heavy atom. The number of esters is 1. The normalized spacial score (nSPS) is 11.1. The minimum Gasteiger partial charge on any atom is -0.457 e. The summed E-state index contributed by atoms with van der Waals surface area (Å²) in [5, 5.41) is 18.8. The highest BCUT2D eigenvalue weighted by molar-refractivity contribution is 8.00. The van der Waals surface area contributed by atoms with Gasteiger partial charge in [-0.15, -0.1) is 11.8 Å². The van der Waals surface area contributed by atoms with Crippen LogP contribution in [0.4, 0.5) is 5.69 Å². The number of nitrogens with zero attached hydrogens (tertiary/aromatic N) is 1. The summed E-state index contributed by atoms with van der Waals surface area (Å²) in [7, 11) is 0. The number of carbonyl (C=O) groups excluding carboxylic acids is 3. The van der Waals surface area contributed by atoms with Gasteiger partial charge in [0.05, 0.1) is 17.6 Å². The Hall–Kier alpha value is -2.66. The van der Waals surface area contributed by atoms with Crippen molar-refractivity contribution in [2.24, 2.45) is 5.92 Å². The number of ether oxygens (including phenoxy) is 1. The number of amides is 1. The molecule has 0 aliphatic heterocycles. The van der Waals surface area contributed by atoms with E-state index in [-0.39, 0.29) is 23.1 Å². The van der Waals surface area contributed by atoms with Crippen LogP contribution in [0.3, 0.4) is 0 Å². The van der Waals surface area contributed by atoms with Gasteiger partial charge in [-0.05, 0) is 31.5 Å². The Balaban J connectivity index is 2.28. The summed E-state index contributed by atoms with van der Waals surface area (Å²) in [6, 6.07) is 9.04. The zero-order valence-corrected chi connectivity index (χ0v) is 14.8. The molecule has 25 heavy (non-hydrogen) atoms. The van der Waals surface area contributed by atoms with Gasteiger partial charge in [0.15, 0.2) is 12.4 Å². The van der Waals surface area contributed by atoms with Crippen LogP contribution in [-0.4, -0.2) is 41.5 Å². The van der Waals surface area contributed by atoms with Gasteiger partial charge in [-0.25, -0.2) is 0 Å². The fraction of sp³-hybridized carbons (Fsp3) is 0.353. The highest BCUT2D eigenvalue weighted by Gasteiger charge is 2.21. The molecule has 0 unspecified atom stereocenters. The number of Topliss-reactive ketones (excluding diaryl/α,β-unsaturated/α-hetero) is 1. The summed E-state index contributed by atoms with van der Waals surface area (Å²) < 4.78 is 4.76. The fourth-order valence-electron chi connectivity index (χ4n) is 1.83. The highest BCUT2D eigenvalue weighted by Crippen LogP contribution is 2.10. The molecule has 0 radical (unpaired) electrons. The van der Waals surface area contributed by atoms with E-state index in [1.54, 1.807) is 12.1 Å². The second-order valence-corrected chi connectivity index (χ2v) is 6.27. The molecule has 1 atom stereocenters. The Bertz CT molecular complexity index is 712. The van der Waals surface area contributed by atoms with Crippen LogP contribution in [0.2, 0.25) is 0 Å². The summed E-state index contributed by atoms with van der Waals surface area (Å²) in [5.41, 5.74) is 1.61. The van der Waals surface area contributed by atoms with Crippen LogP contribution < -0.4 is 5.32 Å². The number of hydrogen-bond donors (Lipinski definition) is 2. The molecule has 1 rings (SSSR count). The lowest BCUT2D eigenvalue weighted by Gasteiger charge is -2.08. The predicted octanol–water partition coefficient (Wildman–Crippen LogP) is 1.96. The number of aryl methyl sites for hydroxylation is 1. The topological polar surface area (TPSA) is 120 Å². The molecule has 0 heterocycles. The summed E-state index contributed by atoms with van der Waals surface area (Å²) in [6.07, 6.45) is 0. The van der Waals surface area contributed by atoms with E-state index in [0.717, 1.165) is 17.3 Å². The SMILES string of the molecule is CC(=N)[C@@H](C#N)C(=O)COC(=O)CSCC(=O)Nc1cccc(C)c1. The Kier molecular flexibility index (Phi) is 8.36. The third kappa shape index (κ3) is 7.63. The predicted molar refractivity (Wildman–Crippen MR) is 95.6 cm³/mol. The van der Waals surface area contributed by atoms with E-state index < -0.39 is 24.3 Å². The molecule has 0 fully saturated rings. The number of nitrogens with one attached hydrogen (secondary N) is 2. The van der Waals surface area contributed by atoms with Gasteiger partial charge in [-0.2, -0.15) is 5.26 Å². The lowest BCUT2D eigenvalue weighted by Crippen LogP contribution is -2.26. The molecule has 7 nitrogen and oxygen atoms in total. The van der Waals surface area contributed by atoms with Gasteiger partial charge in [-0.1, -0.05) is 12.1 Å². The second kappa shape index (κ2) is 10.3. The largest absolute Gasteiger partial charge is 0.457 e. The maximum Gasteiger partial charge on any atom is 0.316 e. The Labute approximate surface area is 150 Å². The van der Waals surface area contributed by atoms with Crippen LogP contribution in [0.5, 0.6) is 0 Å². The van der Waals surface area contributed by atoms with Crippen molar-refractivity contribution < 1.29 is 19.1 Å². The molecule has 1 amide bonds. The van der Waals surface area contributed by atoms with Crippen molar-refractivity contribution in [1.29, 1.82) is 10.7 Å². The van der Waals surface area contributed by atoms with Crippen molar-refractivity contribution in [2.45, 2.75) is 13.8 Å². The average molecular weight is 361 g/mol. The molecule has 0 bridgehead atoms. The molecule has 0 aromatic heterocycles. The maximum atomic E-state index is 11.8. The molecule has 0 aliphatic carbocycles. The minimum absolute atomic E-state index is 0.0669. The lowest BCUT2D eigenvalue weighted by atomic mass is 10.0. The monoisotopic (exact) mass is 361 g/mol. The van der Waals surface area contributed by atoms with E-state index in [4.69, 9.17) is 15.4 Å². The maximum absolute atomic E-state index is 11.8. The van der Waals surface area contributed by atoms with Gasteiger partial charge >= 0.3 is 5.97 Å². The van der Waals surface area contributed by atoms with Gasteiger partial charge in [0.2, 0.25) is 5.91 Å². The number of rotatable bonds is 9. The number of ketones is 1. The molecule has 132 valence electrons. The molecule has 0 aliphatic rings. The molecular weight excluding hydrogens is 342 g/mol. The number of nitriles is 1. The summed E-state index contributed by atoms with van der Waals surface area (Å²) in [5.74, 6) is -2.75. The fourth-order valence-corrected chi connectivity index (χ4v) is 2.44. The van der Waals surface area contributed by atoms with Gasteiger partial charge in [0.25, 0.3) is 0 Å². The molecule has 1 aromatic rings. The van der Waals surface area contributed by atoms with Gasteiger partial charge < -0.3 is 15.5 Å². The minimum atomic E-state index is -1.19. The number of thioether (sulfide) groups is 1. The lowest BCUT2D eigenvalue weighted by molar-refractivity contribution is -0.145. The van der Waals surface area contributed by atoms with Crippen LogP contribution in [0.25, 0.3) is 0 Å². The second-order valence-electron chi connectivity index (χ2n) is 5.28. The quantitative estimate of drug-likeness (QED) is 0.512. The standard InChI is InChI=1S/C17H19N3O4S/c1-11-4-3-5-13(6-11)20-16(22)9-25-10-17(23)24-8-15(21)14(7-18)12(2)19/h3-6,14,19H,8-10H2,1-2H3,(H,20,22)/t14-/m1/s1. The Morgan fingerprint density at radius 1 is 1.36 bits per heavy atom. The van der Waals surface area contributed by atoms with E-state index in [2.05, 4.69) is 5.32 Å². The van der Waals surface area contributed by atoms with Crippen LogP contribution in [0.1, 0.15) is 12.5 Å². The molecule has 0 saturated heterocycles. The van der Waals surface area contributed by atoms with Crippen molar-refractivity contribution in [1.82, 2.24) is 0 Å². The summed E-state index contributed by atoms with van der Waals surface area (Å²) in [6.45, 7) is 2.71. The molecule has 0 saturated carbocycles. The summed E-state index contributed by atoms with van der Waals surface area (Å²) in [4.78, 5) is 34.9. The number of anilines is 1. The van der Waals surface area contributed by atoms with Crippen molar-refractivity contribution in [3.05, 3.63) is 29.8 Å². The van der Waals surface area contributed by atoms with Crippen molar-refractivity contribution in [3.63, 3.8) is 0 Å². The van der Waals surface area contributed by atoms with E-state index in [1.807, 2.05) is 25.1 Å². The van der Waals surface area contributed by atoms with Gasteiger partial charge in [-0.3, -0.25) is 14.4 Å². The first-order valence-electron chi connectivity index (χ1n) is 7.40. The molecule has 8 heteroatoms. The van der Waals surface area contributed by atoms with E-state index in [9.17, 15) is 14.4 Å². The molecule has 2 N–H and O–H groups in total. The first-order valence-corrected chi connectivity index (χ1v) is 8.56. The van der Waals surface area contributed by atoms with Crippen LogP contribution in [0.15, 0.2) is 24.3 Å². The smallest absolute Gasteiger partial charge is 0.316 e. The number of carbonyl (C=O) groups is 3. The van der Waals surface area contributed by atoms with Crippen LogP contribution >= 0.6 is 11.8 Å². The third-order valence-corrected chi connectivity index (χ3v) is 3.92. The van der Waals surface area contributed by atoms with Crippen molar-refractivity contribution in [2.75, 3.05) is 23.4 Å². The van der Waals surface area contributed by atoms with E-state index in [0.29, 0.717) is 5.69 Å². The first-order chi connectivity index (χ1) is 11.8. The van der Waals surface area contributed by atoms with Crippen LogP contribution in [-0.2, 0) is 19.1 Å². The summed E-state index contributed by atoms with van der Waals surface area (Å²) >= 11 is 1.06. The number of benzene rings is 1. The van der Waals surface area contributed by atoms with E-state index in [1.165, 1.54) is 6.92 Å². The van der Waals surface area contributed by atoms with Crippen LogP contribution in [0, 0.1) is 29.6 Å². The first kappa shape index (κ1) is 20.4. The molecule has 0 spiro atoms. The zero-order valence-electron chi connectivity index (χ0n) is 14.0. The Morgan fingerprint density at radius 3 is 2.68 bits per heavy atom. The molecule has 1 aromatic carbocycles. The number of hydrogen-bond acceptors (Lipinski definition) is 7. The van der Waals surface area contributed by atoms with Crippen molar-refractivity contribution >= 4 is 40.8 Å². The zero-order chi connectivity index (χ0) is 18.8. The van der Waals surface area contributed by atoms with Crippen molar-refractivity contribution in [3.8, 4) is 6.07 Å².